The van der Waals surface area contributed by atoms with Crippen molar-refractivity contribution in [3.05, 3.63) is 35.9 Å². The number of benzene rings is 1. The summed E-state index contributed by atoms with van der Waals surface area (Å²) in [6, 6.07) is 11.1. The number of hydrogen-bond donors (Lipinski definition) is 1. The molecule has 1 aromatic carbocycles. The van der Waals surface area contributed by atoms with Crippen molar-refractivity contribution >= 4 is 6.09 Å². The number of aliphatic hydroxyl groups excluding tert-OH is 1. The summed E-state index contributed by atoms with van der Waals surface area (Å²) in [7, 11) is 0. The van der Waals surface area contributed by atoms with E-state index in [2.05, 4.69) is 35.2 Å². The van der Waals surface area contributed by atoms with Crippen LogP contribution in [0.3, 0.4) is 0 Å². The number of ether oxygens (including phenoxy) is 1. The number of likely N-dealkylation sites (tertiary alicyclic amines) is 2. The Morgan fingerprint density at radius 1 is 1.22 bits per heavy atom. The average Bonchev–Trinajstić information content (AvgIpc) is 2.73. The Balaban J connectivity index is 1.54. The van der Waals surface area contributed by atoms with Crippen LogP contribution >= 0.6 is 0 Å². The number of carbonyl (C=O) groups is 1. The van der Waals surface area contributed by atoms with E-state index >= 15 is 0 Å². The van der Waals surface area contributed by atoms with Gasteiger partial charge in [-0.05, 0) is 57.6 Å². The van der Waals surface area contributed by atoms with Gasteiger partial charge in [0.1, 0.15) is 0 Å². The van der Waals surface area contributed by atoms with Gasteiger partial charge in [0.15, 0.2) is 0 Å². The highest BCUT2D eigenvalue weighted by molar-refractivity contribution is 5.67. The second-order valence-electron chi connectivity index (χ2n) is 8.13. The monoisotopic (exact) mass is 374 g/mol. The van der Waals surface area contributed by atoms with Crippen LogP contribution in [0.2, 0.25) is 0 Å². The molecule has 1 unspecified atom stereocenters. The minimum Gasteiger partial charge on any atom is -0.450 e. The molecule has 27 heavy (non-hydrogen) atoms. The average molecular weight is 375 g/mol. The van der Waals surface area contributed by atoms with Crippen LogP contribution in [-0.2, 0) is 11.2 Å². The highest BCUT2D eigenvalue weighted by Crippen LogP contribution is 2.36. The Morgan fingerprint density at radius 2 is 1.96 bits per heavy atom. The van der Waals surface area contributed by atoms with E-state index < -0.39 is 0 Å². The lowest BCUT2D eigenvalue weighted by Crippen LogP contribution is -2.53. The summed E-state index contributed by atoms with van der Waals surface area (Å²) in [5.74, 6) is 0. The first-order valence-electron chi connectivity index (χ1n) is 10.5. The Labute approximate surface area is 163 Å². The van der Waals surface area contributed by atoms with Crippen molar-refractivity contribution in [1.29, 1.82) is 0 Å². The second kappa shape index (κ2) is 9.56. The Hall–Kier alpha value is -1.59. The maximum Gasteiger partial charge on any atom is 0.409 e. The molecule has 0 aromatic heterocycles. The normalized spacial score (nSPS) is 24.7. The van der Waals surface area contributed by atoms with Gasteiger partial charge < -0.3 is 14.7 Å². The van der Waals surface area contributed by atoms with Crippen molar-refractivity contribution in [2.75, 3.05) is 39.4 Å². The van der Waals surface area contributed by atoms with Crippen molar-refractivity contribution in [3.8, 4) is 0 Å². The van der Waals surface area contributed by atoms with Crippen LogP contribution in [0, 0.1) is 5.41 Å². The molecule has 5 heteroatoms. The van der Waals surface area contributed by atoms with Gasteiger partial charge in [-0.2, -0.15) is 0 Å². The number of rotatable bonds is 6. The van der Waals surface area contributed by atoms with Crippen LogP contribution in [-0.4, -0.2) is 66.4 Å². The third-order valence-corrected chi connectivity index (χ3v) is 6.32. The van der Waals surface area contributed by atoms with Gasteiger partial charge in [-0.3, -0.25) is 4.90 Å². The zero-order valence-corrected chi connectivity index (χ0v) is 16.6. The van der Waals surface area contributed by atoms with Crippen molar-refractivity contribution in [2.24, 2.45) is 5.41 Å². The molecule has 1 N–H and O–H groups in total. The van der Waals surface area contributed by atoms with E-state index in [1.54, 1.807) is 0 Å². The fourth-order valence-corrected chi connectivity index (χ4v) is 4.65. The minimum absolute atomic E-state index is 0.00632. The van der Waals surface area contributed by atoms with Crippen LogP contribution < -0.4 is 0 Å². The van der Waals surface area contributed by atoms with Crippen molar-refractivity contribution < 1.29 is 14.6 Å². The van der Waals surface area contributed by atoms with E-state index in [1.165, 1.54) is 5.56 Å². The van der Waals surface area contributed by atoms with E-state index in [0.717, 1.165) is 64.7 Å². The highest BCUT2D eigenvalue weighted by Gasteiger charge is 2.38. The fourth-order valence-electron chi connectivity index (χ4n) is 4.65. The number of carbonyl (C=O) groups excluding carboxylic acids is 1. The first-order chi connectivity index (χ1) is 13.2. The number of hydrogen-bond acceptors (Lipinski definition) is 4. The van der Waals surface area contributed by atoms with Crippen molar-refractivity contribution in [1.82, 2.24) is 9.80 Å². The van der Waals surface area contributed by atoms with Gasteiger partial charge in [0, 0.05) is 37.7 Å². The quantitative estimate of drug-likeness (QED) is 0.830. The van der Waals surface area contributed by atoms with Gasteiger partial charge in [0.2, 0.25) is 0 Å². The number of aliphatic hydroxyl groups is 1. The highest BCUT2D eigenvalue weighted by atomic mass is 16.6. The van der Waals surface area contributed by atoms with Crippen LogP contribution in [0.1, 0.15) is 44.6 Å². The van der Waals surface area contributed by atoms with Gasteiger partial charge in [-0.15, -0.1) is 0 Å². The molecular weight excluding hydrogens is 340 g/mol. The maximum atomic E-state index is 11.9. The Bertz CT molecular complexity index is 586. The molecule has 2 aliphatic rings. The topological polar surface area (TPSA) is 53.0 Å². The van der Waals surface area contributed by atoms with Crippen molar-refractivity contribution in [3.63, 3.8) is 0 Å². The predicted octanol–water partition coefficient (Wildman–Crippen LogP) is 3.31. The van der Waals surface area contributed by atoms with Crippen LogP contribution in [0.4, 0.5) is 4.79 Å². The van der Waals surface area contributed by atoms with E-state index in [1.807, 2.05) is 11.8 Å². The molecule has 1 aromatic rings. The van der Waals surface area contributed by atoms with Crippen molar-refractivity contribution in [2.45, 2.75) is 51.5 Å². The van der Waals surface area contributed by atoms with E-state index in [9.17, 15) is 9.90 Å². The van der Waals surface area contributed by atoms with Gasteiger partial charge >= 0.3 is 6.09 Å². The first kappa shape index (κ1) is 20.2. The summed E-state index contributed by atoms with van der Waals surface area (Å²) < 4.78 is 5.13. The smallest absolute Gasteiger partial charge is 0.409 e. The van der Waals surface area contributed by atoms with E-state index in [-0.39, 0.29) is 18.1 Å². The number of piperidine rings is 2. The standard InChI is InChI=1S/C22H34N2O3/c1-2-27-21(26)23-15-10-20(11-16-23)24-14-6-12-22(17-24,18-25)13-9-19-7-4-3-5-8-19/h3-5,7-8,20,25H,2,6,9-18H2,1H3. The Morgan fingerprint density at radius 3 is 2.63 bits per heavy atom. The maximum absolute atomic E-state index is 11.9. The lowest BCUT2D eigenvalue weighted by molar-refractivity contribution is -0.00747. The molecule has 0 spiro atoms. The summed E-state index contributed by atoms with van der Waals surface area (Å²) in [6.45, 7) is 6.18. The molecular formula is C22H34N2O3. The molecule has 0 radical (unpaired) electrons. The number of nitrogens with zero attached hydrogens (tertiary/aromatic N) is 2. The molecule has 5 nitrogen and oxygen atoms in total. The van der Waals surface area contributed by atoms with Crippen LogP contribution in [0.15, 0.2) is 30.3 Å². The molecule has 2 saturated heterocycles. The van der Waals surface area contributed by atoms with Gasteiger partial charge in [-0.1, -0.05) is 30.3 Å². The largest absolute Gasteiger partial charge is 0.450 e. The summed E-state index contributed by atoms with van der Waals surface area (Å²) >= 11 is 0. The molecule has 2 heterocycles. The third-order valence-electron chi connectivity index (χ3n) is 6.32. The summed E-state index contributed by atoms with van der Waals surface area (Å²) in [5.41, 5.74) is 1.36. The molecule has 1 atom stereocenters. The summed E-state index contributed by atoms with van der Waals surface area (Å²) in [5, 5.41) is 10.2. The van der Waals surface area contributed by atoms with E-state index in [0.29, 0.717) is 12.6 Å². The number of amides is 1. The van der Waals surface area contributed by atoms with Gasteiger partial charge in [0.25, 0.3) is 0 Å². The molecule has 1 amide bonds. The minimum atomic E-state index is -0.179. The lowest BCUT2D eigenvalue weighted by Gasteiger charge is -2.47. The second-order valence-corrected chi connectivity index (χ2v) is 8.13. The molecule has 2 aliphatic heterocycles. The molecule has 3 rings (SSSR count). The predicted molar refractivity (Wildman–Crippen MR) is 107 cm³/mol. The third kappa shape index (κ3) is 5.23. The van der Waals surface area contributed by atoms with E-state index in [4.69, 9.17) is 4.74 Å². The summed E-state index contributed by atoms with van der Waals surface area (Å²) in [4.78, 5) is 16.3. The molecule has 150 valence electrons. The van der Waals surface area contributed by atoms with Crippen LogP contribution in [0.25, 0.3) is 0 Å². The first-order valence-corrected chi connectivity index (χ1v) is 10.5. The molecule has 2 fully saturated rings. The fraction of sp³-hybridized carbons (Fsp3) is 0.682. The molecule has 0 saturated carbocycles. The molecule has 0 bridgehead atoms. The Kier molecular flexibility index (Phi) is 7.13. The number of aryl methyl sites for hydroxylation is 1. The van der Waals surface area contributed by atoms with Crippen LogP contribution in [0.5, 0.6) is 0 Å². The lowest BCUT2D eigenvalue weighted by atomic mass is 9.75. The SMILES string of the molecule is CCOC(=O)N1CCC(N2CCCC(CO)(CCc3ccccc3)C2)CC1. The van der Waals surface area contributed by atoms with Gasteiger partial charge in [-0.25, -0.2) is 4.79 Å². The molecule has 0 aliphatic carbocycles. The van der Waals surface area contributed by atoms with Gasteiger partial charge in [0.05, 0.1) is 6.61 Å². The zero-order valence-electron chi connectivity index (χ0n) is 16.6. The summed E-state index contributed by atoms with van der Waals surface area (Å²) in [6.07, 6.45) is 6.13. The zero-order chi connectivity index (χ0) is 19.1.